The maximum Gasteiger partial charge on any atom is 0.111 e. The van der Waals surface area contributed by atoms with Crippen molar-refractivity contribution in [1.82, 2.24) is 15.0 Å². The number of imidazole rings is 1. The van der Waals surface area contributed by atoms with E-state index in [2.05, 4.69) is 36.2 Å². The summed E-state index contributed by atoms with van der Waals surface area (Å²) in [6.07, 6.45) is 5.54. The van der Waals surface area contributed by atoms with E-state index >= 15 is 0 Å². The lowest BCUT2D eigenvalue weighted by atomic mass is 9.97. The first kappa shape index (κ1) is 11.7. The van der Waals surface area contributed by atoms with Crippen LogP contribution in [0.5, 0.6) is 0 Å². The second-order valence-electron chi connectivity index (χ2n) is 6.76. The molecule has 3 nitrogen and oxygen atoms in total. The van der Waals surface area contributed by atoms with Gasteiger partial charge in [-0.15, -0.1) is 0 Å². The monoisotopic (exact) mass is 277 g/mol. The molecule has 2 aromatic heterocycles. The Morgan fingerprint density at radius 1 is 1.05 bits per heavy atom. The highest BCUT2D eigenvalue weighted by molar-refractivity contribution is 6.02. The first-order chi connectivity index (χ1) is 10.3. The van der Waals surface area contributed by atoms with Crippen LogP contribution in [0.15, 0.2) is 24.3 Å². The molecule has 106 valence electrons. The van der Waals surface area contributed by atoms with Gasteiger partial charge in [-0.3, -0.25) is 4.98 Å². The summed E-state index contributed by atoms with van der Waals surface area (Å²) < 4.78 is 0. The van der Waals surface area contributed by atoms with E-state index in [0.717, 1.165) is 28.6 Å². The number of nitrogens with one attached hydrogen (secondary N) is 1. The van der Waals surface area contributed by atoms with Crippen LogP contribution in [0.1, 0.15) is 43.1 Å². The summed E-state index contributed by atoms with van der Waals surface area (Å²) in [7, 11) is 0. The second-order valence-corrected chi connectivity index (χ2v) is 6.76. The maximum absolute atomic E-state index is 4.97. The molecule has 0 radical (unpaired) electrons. The van der Waals surface area contributed by atoms with Gasteiger partial charge in [-0.2, -0.15) is 0 Å². The number of benzene rings is 1. The van der Waals surface area contributed by atoms with Gasteiger partial charge in [0.1, 0.15) is 11.3 Å². The van der Waals surface area contributed by atoms with Crippen LogP contribution in [-0.4, -0.2) is 15.0 Å². The molecule has 0 unspecified atom stereocenters. The molecule has 2 aliphatic carbocycles. The fourth-order valence-corrected chi connectivity index (χ4v) is 3.76. The number of aryl methyl sites for hydroxylation is 1. The van der Waals surface area contributed by atoms with Gasteiger partial charge in [-0.1, -0.05) is 18.2 Å². The van der Waals surface area contributed by atoms with Crippen molar-refractivity contribution in [2.75, 3.05) is 0 Å². The predicted octanol–water partition coefficient (Wildman–Crippen LogP) is 4.32. The third-order valence-corrected chi connectivity index (χ3v) is 5.10. The Labute approximate surface area is 123 Å². The third kappa shape index (κ3) is 1.80. The molecule has 5 rings (SSSR count). The van der Waals surface area contributed by atoms with Crippen LogP contribution in [0.4, 0.5) is 0 Å². The lowest BCUT2D eigenvalue weighted by molar-refractivity contribution is 0.514. The standard InChI is InChI=1S/C18H19N3/c1-10-16-17(13-4-2-3-5-14(13)19-10)21-18(20-16)15(11-6-7-11)12-8-9-12/h2-5,11-12,15H,6-9H2,1H3,(H,20,21). The zero-order chi connectivity index (χ0) is 14.0. The number of pyridine rings is 1. The molecule has 1 aromatic carbocycles. The zero-order valence-electron chi connectivity index (χ0n) is 12.3. The lowest BCUT2D eigenvalue weighted by Gasteiger charge is -2.11. The summed E-state index contributed by atoms with van der Waals surface area (Å²) in [5, 5.41) is 1.20. The molecular formula is C18H19N3. The molecule has 21 heavy (non-hydrogen) atoms. The summed E-state index contributed by atoms with van der Waals surface area (Å²) in [5.74, 6) is 3.63. The molecule has 0 amide bonds. The van der Waals surface area contributed by atoms with Crippen molar-refractivity contribution >= 4 is 21.9 Å². The molecule has 2 heterocycles. The largest absolute Gasteiger partial charge is 0.341 e. The minimum Gasteiger partial charge on any atom is -0.341 e. The van der Waals surface area contributed by atoms with E-state index in [1.165, 1.54) is 42.4 Å². The van der Waals surface area contributed by atoms with Crippen molar-refractivity contribution in [3.05, 3.63) is 35.8 Å². The molecule has 3 heteroatoms. The highest BCUT2D eigenvalue weighted by atomic mass is 15.0. The van der Waals surface area contributed by atoms with Crippen molar-refractivity contribution in [3.8, 4) is 0 Å². The molecule has 2 saturated carbocycles. The molecular weight excluding hydrogens is 258 g/mol. The Morgan fingerprint density at radius 3 is 2.48 bits per heavy atom. The molecule has 0 atom stereocenters. The van der Waals surface area contributed by atoms with Gasteiger partial charge in [-0.05, 0) is 50.5 Å². The van der Waals surface area contributed by atoms with Crippen molar-refractivity contribution in [2.45, 2.75) is 38.5 Å². The number of H-pyrrole nitrogens is 1. The molecule has 2 aliphatic rings. The van der Waals surface area contributed by atoms with Gasteiger partial charge >= 0.3 is 0 Å². The van der Waals surface area contributed by atoms with Crippen LogP contribution in [0, 0.1) is 18.8 Å². The second kappa shape index (κ2) is 4.06. The maximum atomic E-state index is 4.97. The number of para-hydroxylation sites is 1. The molecule has 0 aliphatic heterocycles. The van der Waals surface area contributed by atoms with Crippen LogP contribution >= 0.6 is 0 Å². The molecule has 2 fully saturated rings. The highest BCUT2D eigenvalue weighted by Crippen LogP contribution is 2.54. The Hall–Kier alpha value is -1.90. The van der Waals surface area contributed by atoms with Gasteiger partial charge in [0.2, 0.25) is 0 Å². The van der Waals surface area contributed by atoms with Gasteiger partial charge in [-0.25, -0.2) is 4.98 Å². The summed E-state index contributed by atoms with van der Waals surface area (Å²) in [6.45, 7) is 2.07. The fourth-order valence-electron chi connectivity index (χ4n) is 3.76. The quantitative estimate of drug-likeness (QED) is 0.774. The lowest BCUT2D eigenvalue weighted by Crippen LogP contribution is -2.05. The van der Waals surface area contributed by atoms with Crippen molar-refractivity contribution < 1.29 is 0 Å². The minimum absolute atomic E-state index is 0.663. The van der Waals surface area contributed by atoms with E-state index in [1.54, 1.807) is 0 Å². The van der Waals surface area contributed by atoms with E-state index in [1.807, 2.05) is 0 Å². The van der Waals surface area contributed by atoms with E-state index in [0.29, 0.717) is 5.92 Å². The number of nitrogens with zero attached hydrogens (tertiary/aromatic N) is 2. The topological polar surface area (TPSA) is 41.6 Å². The van der Waals surface area contributed by atoms with Gasteiger partial charge in [0.05, 0.1) is 16.7 Å². The van der Waals surface area contributed by atoms with Crippen LogP contribution in [0.25, 0.3) is 21.9 Å². The molecule has 0 spiro atoms. The van der Waals surface area contributed by atoms with E-state index in [9.17, 15) is 0 Å². The Morgan fingerprint density at radius 2 is 1.76 bits per heavy atom. The first-order valence-corrected chi connectivity index (χ1v) is 8.06. The number of fused-ring (bicyclic) bond motifs is 3. The van der Waals surface area contributed by atoms with Crippen molar-refractivity contribution in [2.24, 2.45) is 11.8 Å². The summed E-state index contributed by atoms with van der Waals surface area (Å²) in [6, 6.07) is 8.37. The molecule has 3 aromatic rings. The third-order valence-electron chi connectivity index (χ3n) is 5.10. The zero-order valence-corrected chi connectivity index (χ0v) is 12.3. The van der Waals surface area contributed by atoms with Gasteiger partial charge in [0, 0.05) is 11.3 Å². The fraction of sp³-hybridized carbons (Fsp3) is 0.444. The van der Waals surface area contributed by atoms with Crippen LogP contribution in [0.3, 0.4) is 0 Å². The smallest absolute Gasteiger partial charge is 0.111 e. The number of hydrogen-bond donors (Lipinski definition) is 1. The number of rotatable bonds is 3. The summed E-state index contributed by atoms with van der Waals surface area (Å²) >= 11 is 0. The Balaban J connectivity index is 1.75. The van der Waals surface area contributed by atoms with E-state index in [-0.39, 0.29) is 0 Å². The molecule has 1 N–H and O–H groups in total. The first-order valence-electron chi connectivity index (χ1n) is 8.06. The van der Waals surface area contributed by atoms with Crippen LogP contribution in [0.2, 0.25) is 0 Å². The van der Waals surface area contributed by atoms with E-state index < -0.39 is 0 Å². The highest BCUT2D eigenvalue weighted by Gasteiger charge is 2.43. The minimum atomic E-state index is 0.663. The molecule has 0 saturated heterocycles. The SMILES string of the molecule is Cc1nc2ccccc2c2[nH]c(C(C3CC3)C3CC3)nc12. The predicted molar refractivity (Wildman–Crippen MR) is 84.3 cm³/mol. The number of aromatic amines is 1. The van der Waals surface area contributed by atoms with Crippen molar-refractivity contribution in [1.29, 1.82) is 0 Å². The van der Waals surface area contributed by atoms with Gasteiger partial charge in [0.25, 0.3) is 0 Å². The number of aromatic nitrogens is 3. The molecule has 0 bridgehead atoms. The average Bonchev–Trinajstić information content (AvgIpc) is 3.40. The van der Waals surface area contributed by atoms with Crippen molar-refractivity contribution in [3.63, 3.8) is 0 Å². The normalized spacial score (nSPS) is 19.0. The summed E-state index contributed by atoms with van der Waals surface area (Å²) in [4.78, 5) is 13.4. The Bertz CT molecular complexity index is 828. The van der Waals surface area contributed by atoms with E-state index in [4.69, 9.17) is 9.97 Å². The summed E-state index contributed by atoms with van der Waals surface area (Å²) in [5.41, 5.74) is 4.35. The van der Waals surface area contributed by atoms with Gasteiger partial charge < -0.3 is 4.98 Å². The average molecular weight is 277 g/mol. The van der Waals surface area contributed by atoms with Gasteiger partial charge in [0.15, 0.2) is 0 Å². The number of hydrogen-bond acceptors (Lipinski definition) is 2. The van der Waals surface area contributed by atoms with Crippen LogP contribution in [-0.2, 0) is 0 Å². The van der Waals surface area contributed by atoms with Crippen LogP contribution < -0.4 is 0 Å². The Kier molecular flexibility index (Phi) is 2.27.